The van der Waals surface area contributed by atoms with Gasteiger partial charge >= 0.3 is 135 Å². The number of hydrogen-bond donors (Lipinski definition) is 0. The molecule has 2 rings (SSSR count). The maximum absolute atomic E-state index is 11.9. The van der Waals surface area contributed by atoms with Gasteiger partial charge in [-0.25, -0.2) is 0 Å². The van der Waals surface area contributed by atoms with E-state index in [1.165, 1.54) is 15.6 Å². The van der Waals surface area contributed by atoms with Crippen molar-refractivity contribution in [2.24, 2.45) is 5.10 Å². The third kappa shape index (κ3) is 4.39. The van der Waals surface area contributed by atoms with E-state index in [9.17, 15) is 4.91 Å². The molecule has 0 amide bonds. The standard InChI is InChI=1S/C13H13BrClN2OTe/c14-11-5-7-12(8-6-11)17(18)16-9-10-3-1-2-4-13(10)19-15/h5-9H,1-4H2/q+1/b16-9+. The molecule has 1 aliphatic rings. The van der Waals surface area contributed by atoms with Crippen molar-refractivity contribution in [3.05, 3.63) is 42.8 Å². The Morgan fingerprint density at radius 3 is 2.63 bits per heavy atom. The molecule has 6 heteroatoms. The molecule has 0 saturated heterocycles. The molecule has 0 atom stereocenters. The van der Waals surface area contributed by atoms with Crippen molar-refractivity contribution >= 4 is 56.6 Å². The molecule has 3 nitrogen and oxygen atoms in total. The summed E-state index contributed by atoms with van der Waals surface area (Å²) in [4.78, 5) is 12.5. The summed E-state index contributed by atoms with van der Waals surface area (Å²) < 4.78 is 2.28. The van der Waals surface area contributed by atoms with Crippen LogP contribution in [0.25, 0.3) is 0 Å². The van der Waals surface area contributed by atoms with Crippen molar-refractivity contribution in [2.75, 3.05) is 0 Å². The Balaban J connectivity index is 2.11. The molecule has 0 saturated carbocycles. The van der Waals surface area contributed by atoms with Crippen LogP contribution in [0.1, 0.15) is 25.7 Å². The Hall–Kier alpha value is -0.210. The van der Waals surface area contributed by atoms with Crippen LogP contribution in [0.5, 0.6) is 0 Å². The van der Waals surface area contributed by atoms with Gasteiger partial charge in [-0.05, 0) is 0 Å². The normalized spacial score (nSPS) is 16.1. The molecule has 100 valence electrons. The first-order valence-corrected chi connectivity index (χ1v) is 10.9. The van der Waals surface area contributed by atoms with Crippen molar-refractivity contribution in [3.8, 4) is 0 Å². The average Bonchev–Trinajstić information content (AvgIpc) is 2.45. The molecule has 0 unspecified atom stereocenters. The summed E-state index contributed by atoms with van der Waals surface area (Å²) >= 11 is 2.75. The van der Waals surface area contributed by atoms with Crippen LogP contribution in [0.2, 0.25) is 0 Å². The van der Waals surface area contributed by atoms with Gasteiger partial charge in [-0.1, -0.05) is 0 Å². The summed E-state index contributed by atoms with van der Waals surface area (Å²) in [6, 6.07) is 7.12. The minimum absolute atomic E-state index is 0.528. The monoisotopic (exact) mass is 457 g/mol. The molecule has 0 bridgehead atoms. The molecule has 19 heavy (non-hydrogen) atoms. The van der Waals surface area contributed by atoms with Gasteiger partial charge in [-0.15, -0.1) is 0 Å². The van der Waals surface area contributed by atoms with E-state index in [0.29, 0.717) is 10.6 Å². The second-order valence-corrected chi connectivity index (χ2v) is 8.02. The third-order valence-corrected chi connectivity index (χ3v) is 6.56. The maximum atomic E-state index is 11.9. The molecule has 0 aromatic heterocycles. The number of nitrogens with zero attached hydrogens (tertiary/aromatic N) is 2. The van der Waals surface area contributed by atoms with Gasteiger partial charge in [0.2, 0.25) is 0 Å². The van der Waals surface area contributed by atoms with E-state index >= 15 is 0 Å². The second-order valence-electron chi connectivity index (χ2n) is 4.23. The van der Waals surface area contributed by atoms with E-state index in [0.717, 1.165) is 23.7 Å². The van der Waals surface area contributed by atoms with Gasteiger partial charge in [0.05, 0.1) is 0 Å². The summed E-state index contributed by atoms with van der Waals surface area (Å²) in [5, 5.41) is 3.99. The van der Waals surface area contributed by atoms with E-state index in [2.05, 4.69) is 21.0 Å². The molecule has 0 heterocycles. The van der Waals surface area contributed by atoms with E-state index in [1.807, 2.05) is 12.1 Å². The molecular formula is C13H13BrClN2OTe+. The fourth-order valence-electron chi connectivity index (χ4n) is 1.88. The summed E-state index contributed by atoms with van der Waals surface area (Å²) in [5.41, 5.74) is 1.70. The zero-order chi connectivity index (χ0) is 13.7. The zero-order valence-corrected chi connectivity index (χ0v) is 14.9. The van der Waals surface area contributed by atoms with Crippen molar-refractivity contribution < 1.29 is 4.87 Å². The average molecular weight is 456 g/mol. The fraction of sp³-hybridized carbons (Fsp3) is 0.308. The predicted molar refractivity (Wildman–Crippen MR) is 83.0 cm³/mol. The number of benzene rings is 1. The molecule has 1 aromatic carbocycles. The first-order valence-electron chi connectivity index (χ1n) is 5.98. The van der Waals surface area contributed by atoms with Crippen molar-refractivity contribution in [3.63, 3.8) is 0 Å². The van der Waals surface area contributed by atoms with Crippen LogP contribution in [-0.4, -0.2) is 30.9 Å². The summed E-state index contributed by atoms with van der Waals surface area (Å²) in [6.45, 7) is 0. The minimum atomic E-state index is -0.583. The number of rotatable bonds is 4. The van der Waals surface area contributed by atoms with Crippen LogP contribution >= 0.6 is 24.9 Å². The van der Waals surface area contributed by atoms with E-state index in [-0.39, 0.29) is 0 Å². The van der Waals surface area contributed by atoms with E-state index in [1.54, 1.807) is 18.3 Å². The van der Waals surface area contributed by atoms with Gasteiger partial charge in [-0.2, -0.15) is 0 Å². The predicted octanol–water partition coefficient (Wildman–Crippen LogP) is 4.53. The van der Waals surface area contributed by atoms with Crippen LogP contribution in [0.4, 0.5) is 5.69 Å². The van der Waals surface area contributed by atoms with Gasteiger partial charge in [0, 0.05) is 0 Å². The molecule has 0 fully saturated rings. The SMILES string of the molecule is O=[N+](/N=C/C1=C([Te]Cl)CCCC1)c1ccc(Br)cc1. The van der Waals surface area contributed by atoms with Crippen LogP contribution < -0.4 is 0 Å². The van der Waals surface area contributed by atoms with Gasteiger partial charge in [0.15, 0.2) is 0 Å². The zero-order valence-electron chi connectivity index (χ0n) is 10.2. The number of nitroso groups, excluding NO2 is 1. The van der Waals surface area contributed by atoms with E-state index < -0.39 is 19.8 Å². The molecule has 1 aliphatic carbocycles. The molecule has 0 radical (unpaired) electrons. The van der Waals surface area contributed by atoms with Gasteiger partial charge in [-0.3, -0.25) is 0 Å². The van der Waals surface area contributed by atoms with Crippen LogP contribution in [0.15, 0.2) is 43.0 Å². The summed E-state index contributed by atoms with van der Waals surface area (Å²) in [7, 11) is 6.04. The fourth-order valence-corrected chi connectivity index (χ4v) is 4.69. The molecule has 1 aromatic rings. The molecule has 0 spiro atoms. The van der Waals surface area contributed by atoms with Gasteiger partial charge in [0.1, 0.15) is 0 Å². The first-order chi connectivity index (χ1) is 9.20. The first kappa shape index (κ1) is 15.2. The van der Waals surface area contributed by atoms with Crippen molar-refractivity contribution in [1.29, 1.82) is 0 Å². The van der Waals surface area contributed by atoms with Crippen molar-refractivity contribution in [2.45, 2.75) is 25.7 Å². The Labute approximate surface area is 134 Å². The molecule has 0 aliphatic heterocycles. The number of allylic oxidation sites excluding steroid dienone is 2. The number of halogens is 2. The topological polar surface area (TPSA) is 32.4 Å². The second kappa shape index (κ2) is 7.54. The van der Waals surface area contributed by atoms with Crippen molar-refractivity contribution in [1.82, 2.24) is 0 Å². The number of hydrazone groups is 1. The Morgan fingerprint density at radius 2 is 1.95 bits per heavy atom. The Bertz CT molecular complexity index is 528. The Morgan fingerprint density at radius 1 is 1.26 bits per heavy atom. The van der Waals surface area contributed by atoms with Gasteiger partial charge < -0.3 is 0 Å². The van der Waals surface area contributed by atoms with Crippen LogP contribution in [-0.2, 0) is 0 Å². The van der Waals surface area contributed by atoms with Gasteiger partial charge in [0.25, 0.3) is 0 Å². The quantitative estimate of drug-likeness (QED) is 0.284. The van der Waals surface area contributed by atoms with E-state index in [4.69, 9.17) is 8.96 Å². The van der Waals surface area contributed by atoms with Crippen LogP contribution in [0.3, 0.4) is 0 Å². The van der Waals surface area contributed by atoms with Crippen LogP contribution in [0, 0.1) is 4.91 Å². The molecule has 0 N–H and O–H groups in total. The summed E-state index contributed by atoms with van der Waals surface area (Å²) in [6.07, 6.45) is 6.12. The molecular weight excluding hydrogens is 443 g/mol. The summed E-state index contributed by atoms with van der Waals surface area (Å²) in [5.74, 6) is 0. The Kier molecular flexibility index (Phi) is 6.03. The third-order valence-electron chi connectivity index (χ3n) is 2.92. The number of hydrogen-bond acceptors (Lipinski definition) is 1.